The largest absolute Gasteiger partial charge is 0.351 e. The van der Waals surface area contributed by atoms with E-state index in [-0.39, 0.29) is 17.0 Å². The van der Waals surface area contributed by atoms with Crippen molar-refractivity contribution in [1.29, 1.82) is 0 Å². The van der Waals surface area contributed by atoms with Crippen molar-refractivity contribution in [1.82, 2.24) is 5.32 Å². The first-order valence-corrected chi connectivity index (χ1v) is 5.61. The molecule has 2 saturated carbocycles. The Hall–Kier alpha value is -0.570. The molecule has 2 fully saturated rings. The summed E-state index contributed by atoms with van der Waals surface area (Å²) in [5.41, 5.74) is 5.81. The van der Waals surface area contributed by atoms with Crippen molar-refractivity contribution in [3.05, 3.63) is 0 Å². The summed E-state index contributed by atoms with van der Waals surface area (Å²) < 4.78 is 0. The molecular formula is C11H20N2O. The predicted molar refractivity (Wildman–Crippen MR) is 55.8 cm³/mol. The molecule has 0 radical (unpaired) electrons. The molecule has 0 aromatic heterocycles. The van der Waals surface area contributed by atoms with Crippen LogP contribution in [0.5, 0.6) is 0 Å². The molecule has 0 aromatic rings. The fraction of sp³-hybridized carbons (Fsp3) is 0.909. The van der Waals surface area contributed by atoms with Gasteiger partial charge in [0.15, 0.2) is 0 Å². The Bertz CT molecular complexity index is 240. The molecule has 2 rings (SSSR count). The number of hydrogen-bond donors (Lipinski definition) is 2. The zero-order chi connectivity index (χ0) is 10.2. The lowest BCUT2D eigenvalue weighted by molar-refractivity contribution is -0.123. The van der Waals surface area contributed by atoms with Crippen LogP contribution in [0.2, 0.25) is 0 Å². The standard InChI is InChI=1S/C11H20N2O/c1-10(4-2-3-5-10)13-9(14)8-11(12)6-7-11/h2-8,12H2,1H3,(H,13,14). The van der Waals surface area contributed by atoms with E-state index in [0.29, 0.717) is 6.42 Å². The van der Waals surface area contributed by atoms with Crippen molar-refractivity contribution in [2.45, 2.75) is 62.9 Å². The van der Waals surface area contributed by atoms with E-state index in [9.17, 15) is 4.79 Å². The lowest BCUT2D eigenvalue weighted by atomic mass is 10.00. The normalized spacial score (nSPS) is 27.3. The first kappa shape index (κ1) is 9.97. The number of carbonyl (C=O) groups is 1. The molecule has 0 heterocycles. The van der Waals surface area contributed by atoms with Gasteiger partial charge < -0.3 is 11.1 Å². The van der Waals surface area contributed by atoms with E-state index in [1.807, 2.05) is 0 Å². The van der Waals surface area contributed by atoms with Crippen LogP contribution in [-0.2, 0) is 4.79 Å². The highest BCUT2D eigenvalue weighted by Gasteiger charge is 2.41. The molecular weight excluding hydrogens is 176 g/mol. The maximum absolute atomic E-state index is 11.7. The lowest BCUT2D eigenvalue weighted by Crippen LogP contribution is -2.45. The highest BCUT2D eigenvalue weighted by Crippen LogP contribution is 2.36. The van der Waals surface area contributed by atoms with Gasteiger partial charge in [-0.3, -0.25) is 4.79 Å². The van der Waals surface area contributed by atoms with Gasteiger partial charge in [-0.25, -0.2) is 0 Å². The second kappa shape index (κ2) is 3.23. The molecule has 2 aliphatic carbocycles. The average Bonchev–Trinajstić information content (AvgIpc) is 2.60. The number of nitrogens with two attached hydrogens (primary N) is 1. The lowest BCUT2D eigenvalue weighted by Gasteiger charge is -2.26. The highest BCUT2D eigenvalue weighted by atomic mass is 16.1. The third kappa shape index (κ3) is 2.27. The van der Waals surface area contributed by atoms with E-state index in [4.69, 9.17) is 5.73 Å². The Balaban J connectivity index is 1.81. The van der Waals surface area contributed by atoms with Crippen LogP contribution in [0.4, 0.5) is 0 Å². The van der Waals surface area contributed by atoms with Gasteiger partial charge in [0.2, 0.25) is 5.91 Å². The first-order chi connectivity index (χ1) is 6.52. The maximum atomic E-state index is 11.7. The fourth-order valence-corrected chi connectivity index (χ4v) is 2.32. The predicted octanol–water partition coefficient (Wildman–Crippen LogP) is 1.32. The van der Waals surface area contributed by atoms with Crippen molar-refractivity contribution >= 4 is 5.91 Å². The number of amides is 1. The Morgan fingerprint density at radius 1 is 1.29 bits per heavy atom. The van der Waals surface area contributed by atoms with Gasteiger partial charge in [0.1, 0.15) is 0 Å². The Morgan fingerprint density at radius 2 is 1.86 bits per heavy atom. The number of rotatable bonds is 3. The summed E-state index contributed by atoms with van der Waals surface area (Å²) in [6.45, 7) is 2.15. The summed E-state index contributed by atoms with van der Waals surface area (Å²) in [4.78, 5) is 11.7. The van der Waals surface area contributed by atoms with Gasteiger partial charge >= 0.3 is 0 Å². The van der Waals surface area contributed by atoms with Gasteiger partial charge in [-0.1, -0.05) is 12.8 Å². The van der Waals surface area contributed by atoms with Crippen LogP contribution in [0, 0.1) is 0 Å². The Kier molecular flexibility index (Phi) is 2.30. The number of carbonyl (C=O) groups excluding carboxylic acids is 1. The molecule has 14 heavy (non-hydrogen) atoms. The summed E-state index contributed by atoms with van der Waals surface area (Å²) in [5.74, 6) is 0.148. The summed E-state index contributed by atoms with van der Waals surface area (Å²) in [5, 5.41) is 3.13. The van der Waals surface area contributed by atoms with E-state index in [1.54, 1.807) is 0 Å². The second-order valence-corrected chi connectivity index (χ2v) is 5.36. The van der Waals surface area contributed by atoms with E-state index < -0.39 is 0 Å². The summed E-state index contributed by atoms with van der Waals surface area (Å²) in [6.07, 6.45) is 7.26. The molecule has 3 nitrogen and oxygen atoms in total. The van der Waals surface area contributed by atoms with Gasteiger partial charge in [0.05, 0.1) is 0 Å². The zero-order valence-electron chi connectivity index (χ0n) is 8.94. The van der Waals surface area contributed by atoms with Crippen molar-refractivity contribution in [2.24, 2.45) is 5.73 Å². The van der Waals surface area contributed by atoms with Gasteiger partial charge in [-0.2, -0.15) is 0 Å². The van der Waals surface area contributed by atoms with E-state index in [0.717, 1.165) is 25.7 Å². The van der Waals surface area contributed by atoms with E-state index in [2.05, 4.69) is 12.2 Å². The maximum Gasteiger partial charge on any atom is 0.222 e. The molecule has 3 heteroatoms. The van der Waals surface area contributed by atoms with Crippen LogP contribution in [0.1, 0.15) is 51.9 Å². The molecule has 2 aliphatic rings. The minimum absolute atomic E-state index is 0.0579. The molecule has 0 bridgehead atoms. The average molecular weight is 196 g/mol. The van der Waals surface area contributed by atoms with Gasteiger partial charge in [0.25, 0.3) is 0 Å². The molecule has 0 spiro atoms. The quantitative estimate of drug-likeness (QED) is 0.715. The monoisotopic (exact) mass is 196 g/mol. The molecule has 0 saturated heterocycles. The highest BCUT2D eigenvalue weighted by molar-refractivity contribution is 5.78. The third-order valence-electron chi connectivity index (χ3n) is 3.55. The first-order valence-electron chi connectivity index (χ1n) is 5.61. The van der Waals surface area contributed by atoms with Crippen LogP contribution in [-0.4, -0.2) is 17.0 Å². The van der Waals surface area contributed by atoms with Crippen LogP contribution < -0.4 is 11.1 Å². The molecule has 1 amide bonds. The molecule has 0 unspecified atom stereocenters. The van der Waals surface area contributed by atoms with Crippen LogP contribution in [0.3, 0.4) is 0 Å². The fourth-order valence-electron chi connectivity index (χ4n) is 2.32. The molecule has 0 atom stereocenters. The Morgan fingerprint density at radius 3 is 2.36 bits per heavy atom. The summed E-state index contributed by atoms with van der Waals surface area (Å²) in [7, 11) is 0. The van der Waals surface area contributed by atoms with Gasteiger partial charge in [0, 0.05) is 17.5 Å². The Labute approximate surface area is 85.4 Å². The number of hydrogen-bond acceptors (Lipinski definition) is 2. The van der Waals surface area contributed by atoms with E-state index in [1.165, 1.54) is 12.8 Å². The third-order valence-corrected chi connectivity index (χ3v) is 3.55. The van der Waals surface area contributed by atoms with E-state index >= 15 is 0 Å². The van der Waals surface area contributed by atoms with Gasteiger partial charge in [-0.05, 0) is 32.6 Å². The zero-order valence-corrected chi connectivity index (χ0v) is 8.94. The van der Waals surface area contributed by atoms with Crippen LogP contribution in [0.25, 0.3) is 0 Å². The molecule has 80 valence electrons. The second-order valence-electron chi connectivity index (χ2n) is 5.36. The minimum atomic E-state index is -0.154. The van der Waals surface area contributed by atoms with Gasteiger partial charge in [-0.15, -0.1) is 0 Å². The SMILES string of the molecule is CC1(NC(=O)CC2(N)CC2)CCCC1. The summed E-state index contributed by atoms with van der Waals surface area (Å²) in [6, 6.07) is 0. The summed E-state index contributed by atoms with van der Waals surface area (Å²) >= 11 is 0. The van der Waals surface area contributed by atoms with Crippen LogP contribution >= 0.6 is 0 Å². The molecule has 0 aliphatic heterocycles. The molecule has 0 aromatic carbocycles. The van der Waals surface area contributed by atoms with Crippen molar-refractivity contribution in [3.63, 3.8) is 0 Å². The van der Waals surface area contributed by atoms with Crippen LogP contribution in [0.15, 0.2) is 0 Å². The minimum Gasteiger partial charge on any atom is -0.351 e. The van der Waals surface area contributed by atoms with Crippen molar-refractivity contribution in [2.75, 3.05) is 0 Å². The van der Waals surface area contributed by atoms with Crippen molar-refractivity contribution in [3.8, 4) is 0 Å². The topological polar surface area (TPSA) is 55.1 Å². The smallest absolute Gasteiger partial charge is 0.222 e. The van der Waals surface area contributed by atoms with Crippen molar-refractivity contribution < 1.29 is 4.79 Å². The molecule has 3 N–H and O–H groups in total. The number of nitrogens with one attached hydrogen (secondary N) is 1.